The molecule has 0 bridgehead atoms. The van der Waals surface area contributed by atoms with Gasteiger partial charge in [-0.2, -0.15) is 13.2 Å². The van der Waals surface area contributed by atoms with E-state index < -0.39 is 17.6 Å². The quantitative estimate of drug-likeness (QED) is 0.622. The molecular weight excluding hydrogens is 372 g/mol. The number of imidazole rings is 1. The molecular formula is C20H16F4N4. The maximum atomic E-state index is 14.5. The van der Waals surface area contributed by atoms with Crippen LogP contribution in [0.1, 0.15) is 22.5 Å². The number of nitrogens with zero attached hydrogens (tertiary/aromatic N) is 4. The molecule has 28 heavy (non-hydrogen) atoms. The largest absolute Gasteiger partial charge is 0.419 e. The van der Waals surface area contributed by atoms with Crippen LogP contribution in [-0.2, 0) is 19.1 Å². The lowest BCUT2D eigenvalue weighted by atomic mass is 10.0. The molecule has 0 aliphatic carbocycles. The number of rotatable bonds is 3. The molecule has 3 aromatic rings. The Morgan fingerprint density at radius 2 is 1.89 bits per heavy atom. The van der Waals surface area contributed by atoms with Crippen LogP contribution in [0.3, 0.4) is 0 Å². The fourth-order valence-corrected chi connectivity index (χ4v) is 3.38. The van der Waals surface area contributed by atoms with E-state index in [2.05, 4.69) is 16.5 Å². The van der Waals surface area contributed by atoms with E-state index in [1.807, 2.05) is 22.8 Å². The Hall–Kier alpha value is -3.16. The molecule has 1 aliphatic rings. The van der Waals surface area contributed by atoms with E-state index >= 15 is 0 Å². The normalized spacial score (nSPS) is 14.1. The summed E-state index contributed by atoms with van der Waals surface area (Å²) >= 11 is 0. The van der Waals surface area contributed by atoms with Crippen molar-refractivity contribution in [3.8, 4) is 5.82 Å². The summed E-state index contributed by atoms with van der Waals surface area (Å²) < 4.78 is 55.3. The van der Waals surface area contributed by atoms with Crippen LogP contribution in [0.5, 0.6) is 0 Å². The van der Waals surface area contributed by atoms with Gasteiger partial charge in [0.15, 0.2) is 0 Å². The summed E-state index contributed by atoms with van der Waals surface area (Å²) in [6, 6.07) is 8.80. The Balaban J connectivity index is 1.61. The molecule has 0 saturated carbocycles. The lowest BCUT2D eigenvalue weighted by molar-refractivity contribution is -0.140. The molecule has 0 radical (unpaired) electrons. The zero-order valence-electron chi connectivity index (χ0n) is 14.7. The SMILES string of the molecule is C=C(c1cccc(C(F)(F)F)c1F)N1CCc2c(ncn2-c2ccccn2)C1. The molecule has 0 fully saturated rings. The summed E-state index contributed by atoms with van der Waals surface area (Å²) in [6.07, 6.45) is -0.804. The topological polar surface area (TPSA) is 34.0 Å². The highest BCUT2D eigenvalue weighted by Crippen LogP contribution is 2.35. The summed E-state index contributed by atoms with van der Waals surface area (Å²) in [6.45, 7) is 4.67. The van der Waals surface area contributed by atoms with E-state index in [0.717, 1.165) is 23.3 Å². The molecule has 4 nitrogen and oxygen atoms in total. The Labute approximate surface area is 158 Å². The first-order valence-corrected chi connectivity index (χ1v) is 8.62. The van der Waals surface area contributed by atoms with Crippen LogP contribution < -0.4 is 0 Å². The van der Waals surface area contributed by atoms with Crippen molar-refractivity contribution in [3.63, 3.8) is 0 Å². The van der Waals surface area contributed by atoms with Crippen LogP contribution in [0.25, 0.3) is 11.5 Å². The predicted octanol–water partition coefficient (Wildman–Crippen LogP) is 4.45. The number of benzene rings is 1. The Kier molecular flexibility index (Phi) is 4.41. The van der Waals surface area contributed by atoms with E-state index in [4.69, 9.17) is 0 Å². The second kappa shape index (κ2) is 6.78. The Morgan fingerprint density at radius 3 is 2.61 bits per heavy atom. The Bertz CT molecular complexity index is 1020. The lowest BCUT2D eigenvalue weighted by Crippen LogP contribution is -2.30. The van der Waals surface area contributed by atoms with Gasteiger partial charge in [0.2, 0.25) is 0 Å². The third-order valence-electron chi connectivity index (χ3n) is 4.80. The number of halogens is 4. The van der Waals surface area contributed by atoms with Gasteiger partial charge in [-0.3, -0.25) is 4.57 Å². The highest BCUT2D eigenvalue weighted by molar-refractivity contribution is 5.64. The minimum atomic E-state index is -4.75. The molecule has 8 heteroatoms. The first kappa shape index (κ1) is 18.2. The first-order chi connectivity index (χ1) is 13.4. The third kappa shape index (κ3) is 3.15. The van der Waals surface area contributed by atoms with Crippen molar-refractivity contribution in [1.29, 1.82) is 0 Å². The third-order valence-corrected chi connectivity index (χ3v) is 4.80. The van der Waals surface area contributed by atoms with E-state index in [9.17, 15) is 17.6 Å². The zero-order chi connectivity index (χ0) is 19.9. The lowest BCUT2D eigenvalue weighted by Gasteiger charge is -2.31. The fraction of sp³-hybridized carbons (Fsp3) is 0.200. The van der Waals surface area contributed by atoms with E-state index in [-0.39, 0.29) is 11.3 Å². The molecule has 3 heterocycles. The molecule has 0 amide bonds. The van der Waals surface area contributed by atoms with Crippen LogP contribution in [0.2, 0.25) is 0 Å². The molecule has 0 spiro atoms. The summed E-state index contributed by atoms with van der Waals surface area (Å²) in [4.78, 5) is 10.5. The molecule has 0 saturated heterocycles. The Morgan fingerprint density at radius 1 is 1.07 bits per heavy atom. The van der Waals surface area contributed by atoms with Crippen molar-refractivity contribution in [2.24, 2.45) is 0 Å². The van der Waals surface area contributed by atoms with Crippen molar-refractivity contribution in [2.45, 2.75) is 19.1 Å². The van der Waals surface area contributed by atoms with Crippen molar-refractivity contribution in [3.05, 3.63) is 83.8 Å². The predicted molar refractivity (Wildman–Crippen MR) is 95.9 cm³/mol. The first-order valence-electron chi connectivity index (χ1n) is 8.62. The molecule has 0 atom stereocenters. The van der Waals surface area contributed by atoms with Crippen LogP contribution in [0.4, 0.5) is 17.6 Å². The number of pyridine rings is 1. The molecule has 0 N–H and O–H groups in total. The number of fused-ring (bicyclic) bond motifs is 1. The minimum Gasteiger partial charge on any atom is -0.365 e. The maximum Gasteiger partial charge on any atom is 0.419 e. The molecule has 2 aromatic heterocycles. The van der Waals surface area contributed by atoms with Crippen LogP contribution in [0, 0.1) is 5.82 Å². The van der Waals surface area contributed by atoms with Gasteiger partial charge in [-0.25, -0.2) is 14.4 Å². The number of alkyl halides is 3. The van der Waals surface area contributed by atoms with Gasteiger partial charge in [-0.05, 0) is 24.3 Å². The van der Waals surface area contributed by atoms with Crippen molar-refractivity contribution < 1.29 is 17.6 Å². The molecule has 144 valence electrons. The van der Waals surface area contributed by atoms with Crippen molar-refractivity contribution >= 4 is 5.70 Å². The van der Waals surface area contributed by atoms with Gasteiger partial charge in [-0.1, -0.05) is 18.7 Å². The highest BCUT2D eigenvalue weighted by atomic mass is 19.4. The molecule has 1 aromatic carbocycles. The number of hydrogen-bond acceptors (Lipinski definition) is 3. The van der Waals surface area contributed by atoms with E-state index in [1.165, 1.54) is 12.1 Å². The zero-order valence-corrected chi connectivity index (χ0v) is 14.7. The smallest absolute Gasteiger partial charge is 0.365 e. The minimum absolute atomic E-state index is 0.151. The van der Waals surface area contributed by atoms with Gasteiger partial charge in [0.1, 0.15) is 18.0 Å². The van der Waals surface area contributed by atoms with Gasteiger partial charge < -0.3 is 4.90 Å². The van der Waals surface area contributed by atoms with Gasteiger partial charge in [-0.15, -0.1) is 0 Å². The second-order valence-electron chi connectivity index (χ2n) is 6.48. The molecule has 1 aliphatic heterocycles. The average molecular weight is 388 g/mol. The van der Waals surface area contributed by atoms with Gasteiger partial charge in [0.25, 0.3) is 0 Å². The van der Waals surface area contributed by atoms with Crippen molar-refractivity contribution in [2.75, 3.05) is 6.54 Å². The summed E-state index contributed by atoms with van der Waals surface area (Å²) in [7, 11) is 0. The van der Waals surface area contributed by atoms with Gasteiger partial charge in [0, 0.05) is 30.4 Å². The van der Waals surface area contributed by atoms with Crippen LogP contribution in [-0.4, -0.2) is 26.0 Å². The fourth-order valence-electron chi connectivity index (χ4n) is 3.38. The van der Waals surface area contributed by atoms with Crippen LogP contribution in [0.15, 0.2) is 55.5 Å². The molecule has 4 rings (SSSR count). The van der Waals surface area contributed by atoms with Gasteiger partial charge in [0.05, 0.1) is 23.5 Å². The standard InChI is InChI=1S/C20H16F4N4/c1-13(14-5-4-6-15(19(14)21)20(22,23)24)27-10-8-17-16(11-27)26-12-28(17)18-7-2-3-9-25-18/h2-7,9,12H,1,8,10-11H2. The second-order valence-corrected chi connectivity index (χ2v) is 6.48. The number of aromatic nitrogens is 3. The summed E-state index contributed by atoms with van der Waals surface area (Å²) in [5.74, 6) is -0.558. The number of hydrogen-bond donors (Lipinski definition) is 0. The highest BCUT2D eigenvalue weighted by Gasteiger charge is 2.35. The average Bonchev–Trinajstić information content (AvgIpc) is 3.10. The van der Waals surface area contributed by atoms with Crippen LogP contribution >= 0.6 is 0 Å². The van der Waals surface area contributed by atoms with Crippen molar-refractivity contribution in [1.82, 2.24) is 19.4 Å². The monoisotopic (exact) mass is 388 g/mol. The summed E-state index contributed by atoms with van der Waals surface area (Å²) in [5, 5.41) is 0. The molecule has 0 unspecified atom stereocenters. The van der Waals surface area contributed by atoms with E-state index in [0.29, 0.717) is 19.5 Å². The maximum absolute atomic E-state index is 14.5. The van der Waals surface area contributed by atoms with E-state index in [1.54, 1.807) is 17.4 Å². The summed E-state index contributed by atoms with van der Waals surface area (Å²) in [5.41, 5.74) is 0.519. The van der Waals surface area contributed by atoms with Gasteiger partial charge >= 0.3 is 6.18 Å².